The molecule has 15 heavy (non-hydrogen) atoms. The Morgan fingerprint density at radius 3 is 2.20 bits per heavy atom. The zero-order chi connectivity index (χ0) is 11.7. The van der Waals surface area contributed by atoms with Gasteiger partial charge in [-0.1, -0.05) is 0 Å². The molecular formula is C7H8F6OS. The van der Waals surface area contributed by atoms with Crippen molar-refractivity contribution in [3.8, 4) is 0 Å². The number of thioether (sulfide) groups is 1. The fourth-order valence-electron chi connectivity index (χ4n) is 1.09. The van der Waals surface area contributed by atoms with Crippen LogP contribution >= 0.6 is 11.8 Å². The molecular weight excluding hydrogens is 246 g/mol. The summed E-state index contributed by atoms with van der Waals surface area (Å²) in [7, 11) is 0. The van der Waals surface area contributed by atoms with E-state index in [4.69, 9.17) is 0 Å². The first-order valence-corrected chi connectivity index (χ1v) is 5.19. The minimum Gasteiger partial charge on any atom is -0.370 e. The number of hydrogen-bond donors (Lipinski definition) is 0. The molecule has 1 aliphatic heterocycles. The van der Waals surface area contributed by atoms with E-state index in [1.54, 1.807) is 0 Å². The molecule has 90 valence electrons. The predicted molar refractivity (Wildman–Crippen MR) is 43.0 cm³/mol. The molecule has 0 aromatic carbocycles. The van der Waals surface area contributed by atoms with Gasteiger partial charge in [0.25, 0.3) is 6.17 Å². The molecule has 1 nitrogen and oxygen atoms in total. The van der Waals surface area contributed by atoms with Gasteiger partial charge in [0.15, 0.2) is 0 Å². The average molecular weight is 254 g/mol. The van der Waals surface area contributed by atoms with Gasteiger partial charge in [-0.25, -0.2) is 13.2 Å². The smallest absolute Gasteiger partial charge is 0.370 e. The topological polar surface area (TPSA) is 9.23 Å². The van der Waals surface area contributed by atoms with Crippen molar-refractivity contribution in [3.05, 3.63) is 0 Å². The van der Waals surface area contributed by atoms with Gasteiger partial charge < -0.3 is 4.74 Å². The molecule has 0 N–H and O–H groups in total. The molecule has 0 spiro atoms. The van der Waals surface area contributed by atoms with Gasteiger partial charge in [0.2, 0.25) is 0 Å². The Bertz CT molecular complexity index is 212. The lowest BCUT2D eigenvalue weighted by atomic mass is 10.1. The largest absolute Gasteiger partial charge is 0.425 e. The molecule has 1 saturated heterocycles. The third-order valence-corrected chi connectivity index (χ3v) is 2.86. The Hall–Kier alpha value is -0.110. The molecule has 1 rings (SSSR count). The summed E-state index contributed by atoms with van der Waals surface area (Å²) in [5, 5.41) is 0. The summed E-state index contributed by atoms with van der Waals surface area (Å²) in [4.78, 5) is 0. The van der Waals surface area contributed by atoms with Crippen molar-refractivity contribution in [1.82, 2.24) is 0 Å². The Labute approximate surface area is 86.2 Å². The van der Waals surface area contributed by atoms with Crippen molar-refractivity contribution in [1.29, 1.82) is 0 Å². The maximum atomic E-state index is 13.0. The maximum absolute atomic E-state index is 13.0. The van der Waals surface area contributed by atoms with E-state index in [1.807, 2.05) is 0 Å². The summed E-state index contributed by atoms with van der Waals surface area (Å²) in [6.45, 7) is -0.0878. The van der Waals surface area contributed by atoms with Gasteiger partial charge >= 0.3 is 12.1 Å². The summed E-state index contributed by atoms with van der Waals surface area (Å²) in [5.74, 6) is -4.43. The fraction of sp³-hybridized carbons (Fsp3) is 1.00. The van der Waals surface area contributed by atoms with E-state index in [2.05, 4.69) is 4.74 Å². The summed E-state index contributed by atoms with van der Waals surface area (Å²) < 4.78 is 78.2. The molecule has 0 saturated carbocycles. The molecule has 8 heteroatoms. The van der Waals surface area contributed by atoms with Crippen molar-refractivity contribution in [2.75, 3.05) is 18.1 Å². The van der Waals surface area contributed by atoms with E-state index in [0.717, 1.165) is 11.8 Å². The highest BCUT2D eigenvalue weighted by atomic mass is 32.2. The van der Waals surface area contributed by atoms with Gasteiger partial charge in [0.05, 0.1) is 6.61 Å². The van der Waals surface area contributed by atoms with Crippen molar-refractivity contribution < 1.29 is 31.1 Å². The number of ether oxygens (including phenoxy) is 1. The van der Waals surface area contributed by atoms with Gasteiger partial charge in [-0.15, -0.1) is 0 Å². The molecule has 0 bridgehead atoms. The minimum atomic E-state index is -5.56. The van der Waals surface area contributed by atoms with Crippen LogP contribution in [-0.4, -0.2) is 42.5 Å². The summed E-state index contributed by atoms with van der Waals surface area (Å²) in [5.41, 5.74) is 0. The summed E-state index contributed by atoms with van der Waals surface area (Å²) >= 11 is 1.02. The van der Waals surface area contributed by atoms with Crippen LogP contribution in [0.4, 0.5) is 26.3 Å². The Kier molecular flexibility index (Phi) is 3.80. The molecule has 0 radical (unpaired) electrons. The second-order valence-electron chi connectivity index (χ2n) is 3.01. The van der Waals surface area contributed by atoms with E-state index in [-0.39, 0.29) is 12.4 Å². The van der Waals surface area contributed by atoms with Crippen molar-refractivity contribution >= 4 is 11.8 Å². The molecule has 0 aliphatic carbocycles. The lowest BCUT2D eigenvalue weighted by molar-refractivity contribution is -0.269. The highest BCUT2D eigenvalue weighted by Gasteiger charge is 2.61. The van der Waals surface area contributed by atoms with Crippen molar-refractivity contribution in [3.63, 3.8) is 0 Å². The van der Waals surface area contributed by atoms with Crippen molar-refractivity contribution in [2.45, 2.75) is 24.4 Å². The number of rotatable bonds is 2. The van der Waals surface area contributed by atoms with Crippen LogP contribution < -0.4 is 0 Å². The molecule has 1 aliphatic rings. The van der Waals surface area contributed by atoms with Gasteiger partial charge in [0.1, 0.15) is 6.10 Å². The van der Waals surface area contributed by atoms with Crippen LogP contribution in [0.15, 0.2) is 0 Å². The van der Waals surface area contributed by atoms with E-state index in [0.29, 0.717) is 5.75 Å². The van der Waals surface area contributed by atoms with E-state index >= 15 is 0 Å². The van der Waals surface area contributed by atoms with E-state index < -0.39 is 24.4 Å². The third kappa shape index (κ3) is 2.93. The average Bonchev–Trinajstić information content (AvgIpc) is 2.16. The van der Waals surface area contributed by atoms with E-state index in [1.165, 1.54) is 0 Å². The standard InChI is InChI=1S/C7H8F6OS/c8-5(7(11,12)13)6(9,10)4-3-15-2-1-14-4/h4-5H,1-3H2. The van der Waals surface area contributed by atoms with Gasteiger partial charge in [-0.2, -0.15) is 24.9 Å². The quantitative estimate of drug-likeness (QED) is 0.701. The number of hydrogen-bond acceptors (Lipinski definition) is 2. The molecule has 0 aromatic heterocycles. The first-order chi connectivity index (χ1) is 6.76. The van der Waals surface area contributed by atoms with Gasteiger partial charge in [-0.05, 0) is 0 Å². The second-order valence-corrected chi connectivity index (χ2v) is 4.16. The second kappa shape index (κ2) is 4.40. The van der Waals surface area contributed by atoms with Crippen LogP contribution in [0, 0.1) is 0 Å². The number of alkyl halides is 6. The predicted octanol–water partition coefficient (Wildman–Crippen LogP) is 2.65. The molecule has 0 aromatic rings. The van der Waals surface area contributed by atoms with Gasteiger partial charge in [0, 0.05) is 11.5 Å². The van der Waals surface area contributed by atoms with Crippen LogP contribution in [-0.2, 0) is 4.74 Å². The Balaban J connectivity index is 2.71. The van der Waals surface area contributed by atoms with Crippen LogP contribution in [0.25, 0.3) is 0 Å². The lowest BCUT2D eigenvalue weighted by Gasteiger charge is -2.32. The zero-order valence-corrected chi connectivity index (χ0v) is 8.18. The maximum Gasteiger partial charge on any atom is 0.425 e. The highest BCUT2D eigenvalue weighted by molar-refractivity contribution is 7.99. The number of halogens is 6. The van der Waals surface area contributed by atoms with Crippen LogP contribution in [0.3, 0.4) is 0 Å². The van der Waals surface area contributed by atoms with Crippen LogP contribution in [0.2, 0.25) is 0 Å². The first-order valence-electron chi connectivity index (χ1n) is 4.04. The normalized spacial score (nSPS) is 26.4. The minimum absolute atomic E-state index is 0.0878. The monoisotopic (exact) mass is 254 g/mol. The van der Waals surface area contributed by atoms with Crippen molar-refractivity contribution in [2.24, 2.45) is 0 Å². The molecule has 1 fully saturated rings. The Morgan fingerprint density at radius 2 is 1.80 bits per heavy atom. The van der Waals surface area contributed by atoms with Gasteiger partial charge in [-0.3, -0.25) is 0 Å². The lowest BCUT2D eigenvalue weighted by Crippen LogP contribution is -2.52. The summed E-state index contributed by atoms with van der Waals surface area (Å²) in [6, 6.07) is 0. The zero-order valence-electron chi connectivity index (χ0n) is 7.36. The molecule has 2 atom stereocenters. The Morgan fingerprint density at radius 1 is 1.20 bits per heavy atom. The summed E-state index contributed by atoms with van der Waals surface area (Å²) in [6.07, 6.45) is -11.7. The fourth-order valence-corrected chi connectivity index (χ4v) is 2.00. The highest BCUT2D eigenvalue weighted by Crippen LogP contribution is 2.39. The molecule has 2 unspecified atom stereocenters. The van der Waals surface area contributed by atoms with Crippen LogP contribution in [0.5, 0.6) is 0 Å². The first kappa shape index (κ1) is 13.0. The SMILES string of the molecule is FC(C(F)(F)F)C(F)(F)C1CSCCO1. The third-order valence-electron chi connectivity index (χ3n) is 1.87. The molecule has 0 amide bonds. The molecule has 1 heterocycles. The van der Waals surface area contributed by atoms with Crippen LogP contribution in [0.1, 0.15) is 0 Å². The van der Waals surface area contributed by atoms with E-state index in [9.17, 15) is 26.3 Å².